The zero-order valence-electron chi connectivity index (χ0n) is 15.3. The highest BCUT2D eigenvalue weighted by molar-refractivity contribution is 5.87. The molecule has 0 heterocycles. The van der Waals surface area contributed by atoms with Crippen molar-refractivity contribution in [3.05, 3.63) is 71.3 Å². The molecule has 28 heavy (non-hydrogen) atoms. The Morgan fingerprint density at radius 2 is 1.71 bits per heavy atom. The number of methoxy groups -OCH3 is 2. The number of hydrogen-bond donors (Lipinski definition) is 1. The molecule has 5 nitrogen and oxygen atoms in total. The van der Waals surface area contributed by atoms with Gasteiger partial charge in [0.15, 0.2) is 6.10 Å². The topological polar surface area (TPSA) is 64.6 Å². The Bertz CT molecular complexity index is 809. The summed E-state index contributed by atoms with van der Waals surface area (Å²) in [6, 6.07) is 12.0. The first-order valence-electron chi connectivity index (χ1n) is 8.38. The Kier molecular flexibility index (Phi) is 7.17. The monoisotopic (exact) mass is 395 g/mol. The van der Waals surface area contributed by atoms with Crippen LogP contribution in [-0.2, 0) is 31.7 Å². The zero-order chi connectivity index (χ0) is 20.7. The lowest BCUT2D eigenvalue weighted by molar-refractivity contribution is -0.146. The fraction of sp³-hybridized carbons (Fsp3) is 0.300. The molecule has 1 amide bonds. The lowest BCUT2D eigenvalue weighted by Gasteiger charge is -2.21. The molecule has 2 aromatic carbocycles. The number of esters is 1. The van der Waals surface area contributed by atoms with Crippen molar-refractivity contribution in [2.75, 3.05) is 14.2 Å². The number of carbonyl (C=O) groups is 2. The van der Waals surface area contributed by atoms with Crippen LogP contribution in [0.3, 0.4) is 0 Å². The standard InChI is InChI=1S/C20H20F3NO4/c1-27-17(14-8-4-3-5-9-14)18(25)24-16(19(26)28-2)12-13-7-6-10-15(11-13)20(21,22)23/h3-11,16-17H,12H2,1-2H3,(H,24,25)/t16-,17-/m1/s1. The number of rotatable bonds is 7. The molecular formula is C20H20F3NO4. The van der Waals surface area contributed by atoms with Gasteiger partial charge in [-0.1, -0.05) is 48.5 Å². The first-order chi connectivity index (χ1) is 13.3. The van der Waals surface area contributed by atoms with E-state index in [2.05, 4.69) is 10.1 Å². The van der Waals surface area contributed by atoms with Gasteiger partial charge in [0.05, 0.1) is 12.7 Å². The van der Waals surface area contributed by atoms with Crippen molar-refractivity contribution in [3.8, 4) is 0 Å². The number of benzene rings is 2. The van der Waals surface area contributed by atoms with Crippen LogP contribution in [0.4, 0.5) is 13.2 Å². The van der Waals surface area contributed by atoms with Gasteiger partial charge in [-0.15, -0.1) is 0 Å². The molecule has 150 valence electrons. The average Bonchev–Trinajstić information content (AvgIpc) is 2.68. The van der Waals surface area contributed by atoms with Gasteiger partial charge in [0.25, 0.3) is 5.91 Å². The number of carbonyl (C=O) groups excluding carboxylic acids is 2. The summed E-state index contributed by atoms with van der Waals surface area (Å²) in [5.41, 5.74) is -0.0246. The first kappa shape index (κ1) is 21.4. The molecule has 0 unspecified atom stereocenters. The van der Waals surface area contributed by atoms with E-state index in [1.807, 2.05) is 0 Å². The smallest absolute Gasteiger partial charge is 0.416 e. The predicted molar refractivity (Wildman–Crippen MR) is 95.3 cm³/mol. The number of ether oxygens (including phenoxy) is 2. The third-order valence-corrected chi connectivity index (χ3v) is 4.07. The number of halogens is 3. The van der Waals surface area contributed by atoms with E-state index in [4.69, 9.17) is 4.74 Å². The van der Waals surface area contributed by atoms with Crippen LogP contribution in [0.5, 0.6) is 0 Å². The van der Waals surface area contributed by atoms with E-state index in [1.165, 1.54) is 19.2 Å². The molecule has 8 heteroatoms. The molecule has 0 saturated heterocycles. The van der Waals surface area contributed by atoms with Crippen LogP contribution in [-0.4, -0.2) is 32.1 Å². The highest BCUT2D eigenvalue weighted by atomic mass is 19.4. The van der Waals surface area contributed by atoms with Gasteiger partial charge in [0.1, 0.15) is 6.04 Å². The van der Waals surface area contributed by atoms with Gasteiger partial charge in [0, 0.05) is 13.5 Å². The summed E-state index contributed by atoms with van der Waals surface area (Å²) in [6.45, 7) is 0. The minimum absolute atomic E-state index is 0.159. The second-order valence-corrected chi connectivity index (χ2v) is 6.01. The number of alkyl halides is 3. The summed E-state index contributed by atoms with van der Waals surface area (Å²) in [6.07, 6.45) is -5.64. The normalized spacial score (nSPS) is 13.5. The molecule has 2 aromatic rings. The predicted octanol–water partition coefficient (Wildman–Crippen LogP) is 3.29. The highest BCUT2D eigenvalue weighted by Gasteiger charge is 2.31. The van der Waals surface area contributed by atoms with Crippen LogP contribution < -0.4 is 5.32 Å². The third kappa shape index (κ3) is 5.56. The van der Waals surface area contributed by atoms with Gasteiger partial charge in [-0.25, -0.2) is 4.79 Å². The van der Waals surface area contributed by atoms with Gasteiger partial charge in [-0.3, -0.25) is 4.79 Å². The van der Waals surface area contributed by atoms with E-state index in [9.17, 15) is 22.8 Å². The molecule has 2 atom stereocenters. The molecule has 0 aromatic heterocycles. The summed E-state index contributed by atoms with van der Waals surface area (Å²) in [4.78, 5) is 24.7. The average molecular weight is 395 g/mol. The fourth-order valence-electron chi connectivity index (χ4n) is 2.72. The van der Waals surface area contributed by atoms with Crippen molar-refractivity contribution in [2.45, 2.75) is 24.7 Å². The second-order valence-electron chi connectivity index (χ2n) is 6.01. The van der Waals surface area contributed by atoms with Crippen molar-refractivity contribution >= 4 is 11.9 Å². The lowest BCUT2D eigenvalue weighted by Crippen LogP contribution is -2.45. The minimum atomic E-state index is -4.51. The molecule has 0 radical (unpaired) electrons. The third-order valence-electron chi connectivity index (χ3n) is 4.07. The Morgan fingerprint density at radius 1 is 1.04 bits per heavy atom. The second kappa shape index (κ2) is 9.36. The van der Waals surface area contributed by atoms with Crippen molar-refractivity contribution in [2.24, 2.45) is 0 Å². The Morgan fingerprint density at radius 3 is 2.29 bits per heavy atom. The van der Waals surface area contributed by atoms with Crippen LogP contribution >= 0.6 is 0 Å². The summed E-state index contributed by atoms with van der Waals surface area (Å²) in [7, 11) is 2.48. The van der Waals surface area contributed by atoms with Crippen LogP contribution in [0, 0.1) is 0 Å². The Balaban J connectivity index is 2.20. The molecule has 0 saturated carbocycles. The summed E-state index contributed by atoms with van der Waals surface area (Å²) in [5.74, 6) is -1.37. The van der Waals surface area contributed by atoms with Crippen LogP contribution in [0.2, 0.25) is 0 Å². The molecule has 0 aliphatic rings. The molecule has 1 N–H and O–H groups in total. The van der Waals surface area contributed by atoms with Crippen molar-refractivity contribution < 1.29 is 32.2 Å². The molecule has 0 aliphatic heterocycles. The number of hydrogen-bond acceptors (Lipinski definition) is 4. The SMILES string of the molecule is COC(=O)[C@@H](Cc1cccc(C(F)(F)F)c1)NC(=O)[C@H](OC)c1ccccc1. The van der Waals surface area contributed by atoms with E-state index in [-0.39, 0.29) is 12.0 Å². The van der Waals surface area contributed by atoms with Crippen LogP contribution in [0.25, 0.3) is 0 Å². The number of nitrogens with one attached hydrogen (secondary N) is 1. The number of amides is 1. The van der Waals surface area contributed by atoms with Crippen molar-refractivity contribution in [3.63, 3.8) is 0 Å². The van der Waals surface area contributed by atoms with Gasteiger partial charge in [-0.2, -0.15) is 13.2 Å². The lowest BCUT2D eigenvalue weighted by atomic mass is 10.0. The van der Waals surface area contributed by atoms with E-state index >= 15 is 0 Å². The highest BCUT2D eigenvalue weighted by Crippen LogP contribution is 2.29. The van der Waals surface area contributed by atoms with Gasteiger partial charge in [0.2, 0.25) is 0 Å². The van der Waals surface area contributed by atoms with Gasteiger partial charge in [-0.05, 0) is 17.2 Å². The minimum Gasteiger partial charge on any atom is -0.467 e. The maximum Gasteiger partial charge on any atom is 0.416 e. The molecule has 0 aliphatic carbocycles. The first-order valence-corrected chi connectivity index (χ1v) is 8.38. The van der Waals surface area contributed by atoms with E-state index in [0.717, 1.165) is 19.2 Å². The molecular weight excluding hydrogens is 375 g/mol. The van der Waals surface area contributed by atoms with Gasteiger partial charge < -0.3 is 14.8 Å². The fourth-order valence-corrected chi connectivity index (χ4v) is 2.72. The van der Waals surface area contributed by atoms with Crippen LogP contribution in [0.15, 0.2) is 54.6 Å². The summed E-state index contributed by atoms with van der Waals surface area (Å²) in [5, 5.41) is 2.50. The maximum atomic E-state index is 12.9. The van der Waals surface area contributed by atoms with Crippen molar-refractivity contribution in [1.29, 1.82) is 0 Å². The quantitative estimate of drug-likeness (QED) is 0.731. The zero-order valence-corrected chi connectivity index (χ0v) is 15.3. The van der Waals surface area contributed by atoms with E-state index in [1.54, 1.807) is 30.3 Å². The molecule has 0 spiro atoms. The summed E-state index contributed by atoms with van der Waals surface area (Å²) < 4.78 is 48.6. The van der Waals surface area contributed by atoms with Crippen LogP contribution in [0.1, 0.15) is 22.8 Å². The van der Waals surface area contributed by atoms with Crippen molar-refractivity contribution in [1.82, 2.24) is 5.32 Å². The Hall–Kier alpha value is -2.87. The van der Waals surface area contributed by atoms with Gasteiger partial charge >= 0.3 is 12.1 Å². The van der Waals surface area contributed by atoms with E-state index in [0.29, 0.717) is 5.56 Å². The molecule has 0 fully saturated rings. The molecule has 0 bridgehead atoms. The maximum absolute atomic E-state index is 12.9. The molecule has 2 rings (SSSR count). The largest absolute Gasteiger partial charge is 0.467 e. The Labute approximate surface area is 160 Å². The van der Waals surface area contributed by atoms with E-state index < -0.39 is 35.8 Å². The summed E-state index contributed by atoms with van der Waals surface area (Å²) >= 11 is 0.